The van der Waals surface area contributed by atoms with Crippen molar-refractivity contribution in [3.8, 4) is 0 Å². The van der Waals surface area contributed by atoms with Gasteiger partial charge in [0.1, 0.15) is 5.82 Å². The first-order chi connectivity index (χ1) is 10.2. The molecule has 0 bridgehead atoms. The van der Waals surface area contributed by atoms with E-state index < -0.39 is 0 Å². The fraction of sp³-hybridized carbons (Fsp3) is 0.294. The molecule has 1 nitrogen and oxygen atoms in total. The molecule has 2 unspecified atom stereocenters. The second-order valence-corrected chi connectivity index (χ2v) is 6.65. The SMILES string of the molecule is Fc1ccc(Br)c(C2CCNCC2c2ccccc2Cl)c1. The molecule has 110 valence electrons. The van der Waals surface area contributed by atoms with Gasteiger partial charge in [-0.25, -0.2) is 4.39 Å². The Bertz CT molecular complexity index is 646. The van der Waals surface area contributed by atoms with Crippen molar-refractivity contribution in [2.45, 2.75) is 18.3 Å². The number of hydrogen-bond acceptors (Lipinski definition) is 1. The molecular formula is C17H16BrClFN. The van der Waals surface area contributed by atoms with E-state index in [1.165, 1.54) is 6.07 Å². The van der Waals surface area contributed by atoms with Crippen LogP contribution in [0.15, 0.2) is 46.9 Å². The number of piperidine rings is 1. The lowest BCUT2D eigenvalue weighted by Crippen LogP contribution is -2.34. The molecule has 1 heterocycles. The minimum absolute atomic E-state index is 0.190. The van der Waals surface area contributed by atoms with Crippen molar-refractivity contribution < 1.29 is 4.39 Å². The predicted octanol–water partition coefficient (Wildman–Crippen LogP) is 5.10. The van der Waals surface area contributed by atoms with Gasteiger partial charge in [0, 0.05) is 22.0 Å². The van der Waals surface area contributed by atoms with Crippen LogP contribution in [0, 0.1) is 5.82 Å². The molecule has 1 saturated heterocycles. The quantitative estimate of drug-likeness (QED) is 0.777. The Morgan fingerprint density at radius 3 is 2.71 bits per heavy atom. The van der Waals surface area contributed by atoms with Gasteiger partial charge in [-0.2, -0.15) is 0 Å². The minimum Gasteiger partial charge on any atom is -0.316 e. The highest BCUT2D eigenvalue weighted by molar-refractivity contribution is 9.10. The molecule has 1 N–H and O–H groups in total. The molecule has 4 heteroatoms. The minimum atomic E-state index is -0.190. The summed E-state index contributed by atoms with van der Waals surface area (Å²) in [5.41, 5.74) is 2.16. The Hall–Kier alpha value is -0.900. The highest BCUT2D eigenvalue weighted by atomic mass is 79.9. The molecular weight excluding hydrogens is 353 g/mol. The molecule has 0 aliphatic carbocycles. The highest BCUT2D eigenvalue weighted by Crippen LogP contribution is 2.42. The van der Waals surface area contributed by atoms with Gasteiger partial charge in [-0.05, 0) is 54.3 Å². The van der Waals surface area contributed by atoms with Crippen molar-refractivity contribution in [2.24, 2.45) is 0 Å². The Morgan fingerprint density at radius 2 is 1.90 bits per heavy atom. The second-order valence-electron chi connectivity index (χ2n) is 5.39. The van der Waals surface area contributed by atoms with Gasteiger partial charge in [0.05, 0.1) is 0 Å². The fourth-order valence-electron chi connectivity index (χ4n) is 3.13. The average Bonchev–Trinajstić information content (AvgIpc) is 2.50. The summed E-state index contributed by atoms with van der Waals surface area (Å²) in [6.07, 6.45) is 0.970. The van der Waals surface area contributed by atoms with Gasteiger partial charge in [0.25, 0.3) is 0 Å². The Labute approximate surface area is 137 Å². The molecule has 0 aromatic heterocycles. The van der Waals surface area contributed by atoms with E-state index in [1.807, 2.05) is 18.2 Å². The van der Waals surface area contributed by atoms with Crippen molar-refractivity contribution in [2.75, 3.05) is 13.1 Å². The molecule has 2 aromatic rings. The van der Waals surface area contributed by atoms with Crippen molar-refractivity contribution >= 4 is 27.5 Å². The van der Waals surface area contributed by atoms with Gasteiger partial charge in [-0.1, -0.05) is 45.7 Å². The molecule has 0 radical (unpaired) electrons. The molecule has 2 aromatic carbocycles. The van der Waals surface area contributed by atoms with Crippen molar-refractivity contribution in [1.82, 2.24) is 5.32 Å². The first kappa shape index (κ1) is 15.0. The third-order valence-corrected chi connectivity index (χ3v) is 5.21. The molecule has 2 atom stereocenters. The maximum Gasteiger partial charge on any atom is 0.123 e. The number of benzene rings is 2. The summed E-state index contributed by atoms with van der Waals surface area (Å²) >= 11 is 9.93. The molecule has 0 amide bonds. The Morgan fingerprint density at radius 1 is 1.10 bits per heavy atom. The maximum absolute atomic E-state index is 13.6. The number of nitrogens with one attached hydrogen (secondary N) is 1. The third kappa shape index (κ3) is 3.15. The zero-order valence-corrected chi connectivity index (χ0v) is 13.8. The third-order valence-electron chi connectivity index (χ3n) is 4.14. The van der Waals surface area contributed by atoms with Gasteiger partial charge in [0.15, 0.2) is 0 Å². The first-order valence-electron chi connectivity index (χ1n) is 7.07. The van der Waals surface area contributed by atoms with Crippen LogP contribution in [-0.4, -0.2) is 13.1 Å². The van der Waals surface area contributed by atoms with Gasteiger partial charge in [0.2, 0.25) is 0 Å². The summed E-state index contributed by atoms with van der Waals surface area (Å²) < 4.78 is 14.6. The fourth-order valence-corrected chi connectivity index (χ4v) is 3.95. The smallest absolute Gasteiger partial charge is 0.123 e. The lowest BCUT2D eigenvalue weighted by atomic mass is 9.77. The highest BCUT2D eigenvalue weighted by Gasteiger charge is 2.30. The molecule has 1 aliphatic heterocycles. The van der Waals surface area contributed by atoms with E-state index in [0.29, 0.717) is 0 Å². The maximum atomic E-state index is 13.6. The van der Waals surface area contributed by atoms with Crippen LogP contribution in [0.4, 0.5) is 4.39 Å². The molecule has 0 spiro atoms. The number of halogens is 3. The zero-order chi connectivity index (χ0) is 14.8. The van der Waals surface area contributed by atoms with Crippen molar-refractivity contribution in [1.29, 1.82) is 0 Å². The Kier molecular flexibility index (Phi) is 4.63. The standard InChI is InChI=1S/C17H16BrClFN/c18-16-6-5-11(20)9-14(16)12-7-8-21-10-15(12)13-3-1-2-4-17(13)19/h1-6,9,12,15,21H,7-8,10H2. The Balaban J connectivity index is 2.02. The van der Waals surface area contributed by atoms with E-state index in [4.69, 9.17) is 11.6 Å². The predicted molar refractivity (Wildman–Crippen MR) is 88.5 cm³/mol. The molecule has 1 aliphatic rings. The summed E-state index contributed by atoms with van der Waals surface area (Å²) in [5, 5.41) is 4.21. The van der Waals surface area contributed by atoms with Crippen LogP contribution in [0.3, 0.4) is 0 Å². The van der Waals surface area contributed by atoms with Crippen LogP contribution in [0.1, 0.15) is 29.4 Å². The number of rotatable bonds is 2. The zero-order valence-electron chi connectivity index (χ0n) is 11.5. The van der Waals surface area contributed by atoms with Gasteiger partial charge >= 0.3 is 0 Å². The van der Waals surface area contributed by atoms with E-state index in [0.717, 1.165) is 40.1 Å². The van der Waals surface area contributed by atoms with E-state index in [9.17, 15) is 4.39 Å². The van der Waals surface area contributed by atoms with Crippen LogP contribution in [-0.2, 0) is 0 Å². The summed E-state index contributed by atoms with van der Waals surface area (Å²) in [4.78, 5) is 0. The van der Waals surface area contributed by atoms with Gasteiger partial charge in [-0.3, -0.25) is 0 Å². The summed E-state index contributed by atoms with van der Waals surface area (Å²) in [6.45, 7) is 1.80. The van der Waals surface area contributed by atoms with Crippen LogP contribution in [0.2, 0.25) is 5.02 Å². The van der Waals surface area contributed by atoms with Crippen LogP contribution >= 0.6 is 27.5 Å². The van der Waals surface area contributed by atoms with Gasteiger partial charge < -0.3 is 5.32 Å². The van der Waals surface area contributed by atoms with Gasteiger partial charge in [-0.15, -0.1) is 0 Å². The second kappa shape index (κ2) is 6.47. The van der Waals surface area contributed by atoms with Crippen molar-refractivity contribution in [3.63, 3.8) is 0 Å². The first-order valence-corrected chi connectivity index (χ1v) is 8.24. The van der Waals surface area contributed by atoms with Crippen LogP contribution < -0.4 is 5.32 Å². The van der Waals surface area contributed by atoms with Crippen LogP contribution in [0.25, 0.3) is 0 Å². The average molecular weight is 369 g/mol. The lowest BCUT2D eigenvalue weighted by molar-refractivity contribution is 0.402. The van der Waals surface area contributed by atoms with Crippen LogP contribution in [0.5, 0.6) is 0 Å². The summed E-state index contributed by atoms with van der Waals surface area (Å²) in [6, 6.07) is 12.9. The number of hydrogen-bond donors (Lipinski definition) is 1. The molecule has 0 saturated carbocycles. The van der Waals surface area contributed by atoms with E-state index in [2.05, 4.69) is 27.3 Å². The summed E-state index contributed by atoms with van der Waals surface area (Å²) in [7, 11) is 0. The largest absolute Gasteiger partial charge is 0.316 e. The molecule has 1 fully saturated rings. The topological polar surface area (TPSA) is 12.0 Å². The monoisotopic (exact) mass is 367 g/mol. The normalized spacial score (nSPS) is 22.2. The molecule has 3 rings (SSSR count). The van der Waals surface area contributed by atoms with E-state index >= 15 is 0 Å². The summed E-state index contributed by atoms with van der Waals surface area (Å²) in [5.74, 6) is 0.325. The van der Waals surface area contributed by atoms with E-state index in [-0.39, 0.29) is 17.7 Å². The van der Waals surface area contributed by atoms with E-state index in [1.54, 1.807) is 12.1 Å². The lowest BCUT2D eigenvalue weighted by Gasteiger charge is -2.34. The molecule has 21 heavy (non-hydrogen) atoms. The van der Waals surface area contributed by atoms with Crippen molar-refractivity contribution in [3.05, 3.63) is 68.9 Å².